The molecular formula is C27H36N2O7S. The van der Waals surface area contributed by atoms with Gasteiger partial charge in [0.1, 0.15) is 6.10 Å². The first kappa shape index (κ1) is 27.5. The van der Waals surface area contributed by atoms with E-state index in [0.29, 0.717) is 13.0 Å². The Kier molecular flexibility index (Phi) is 9.20. The van der Waals surface area contributed by atoms with Gasteiger partial charge in [0.15, 0.2) is 6.29 Å². The zero-order chi connectivity index (χ0) is 26.4. The van der Waals surface area contributed by atoms with E-state index in [9.17, 15) is 18.3 Å². The molecule has 2 aromatic rings. The van der Waals surface area contributed by atoms with Gasteiger partial charge in [0.25, 0.3) is 0 Å². The van der Waals surface area contributed by atoms with E-state index in [1.807, 2.05) is 44.2 Å². The lowest BCUT2D eigenvalue weighted by atomic mass is 10.0. The van der Waals surface area contributed by atoms with Crippen molar-refractivity contribution in [2.75, 3.05) is 26.3 Å². The molecule has 0 saturated carbocycles. The van der Waals surface area contributed by atoms with Crippen molar-refractivity contribution in [3.05, 3.63) is 66.2 Å². The van der Waals surface area contributed by atoms with Crippen molar-refractivity contribution in [3.8, 4) is 0 Å². The van der Waals surface area contributed by atoms with Crippen LogP contribution in [0.2, 0.25) is 0 Å². The van der Waals surface area contributed by atoms with E-state index in [-0.39, 0.29) is 42.7 Å². The summed E-state index contributed by atoms with van der Waals surface area (Å²) >= 11 is 0. The molecule has 4 rings (SSSR count). The number of sulfonamides is 1. The molecule has 0 bridgehead atoms. The molecule has 1 unspecified atom stereocenters. The number of alkyl carbamates (subject to hydrolysis) is 1. The van der Waals surface area contributed by atoms with Gasteiger partial charge in [0.05, 0.1) is 36.2 Å². The fourth-order valence-corrected chi connectivity index (χ4v) is 6.42. The summed E-state index contributed by atoms with van der Waals surface area (Å²) in [5.41, 5.74) is 0.890. The van der Waals surface area contributed by atoms with Crippen LogP contribution >= 0.6 is 0 Å². The second-order valence-electron chi connectivity index (χ2n) is 10.0. The maximum Gasteiger partial charge on any atom is 0.407 e. The highest BCUT2D eigenvalue weighted by Gasteiger charge is 2.44. The van der Waals surface area contributed by atoms with E-state index in [1.54, 1.807) is 18.2 Å². The molecular weight excluding hydrogens is 496 g/mol. The van der Waals surface area contributed by atoms with Crippen molar-refractivity contribution in [3.63, 3.8) is 0 Å². The number of hydrogen-bond donors (Lipinski definition) is 2. The summed E-state index contributed by atoms with van der Waals surface area (Å²) < 4.78 is 44.8. The van der Waals surface area contributed by atoms with E-state index in [0.717, 1.165) is 12.0 Å². The summed E-state index contributed by atoms with van der Waals surface area (Å²) in [7, 11) is -3.86. The minimum Gasteiger partial charge on any atom is -0.443 e. The predicted molar refractivity (Wildman–Crippen MR) is 137 cm³/mol. The summed E-state index contributed by atoms with van der Waals surface area (Å²) in [4.78, 5) is 13.1. The third-order valence-electron chi connectivity index (χ3n) is 6.65. The fraction of sp³-hybridized carbons (Fsp3) is 0.519. The number of rotatable bonds is 11. The molecule has 2 fully saturated rings. The first-order valence-electron chi connectivity index (χ1n) is 12.7. The summed E-state index contributed by atoms with van der Waals surface area (Å²) in [6, 6.07) is 16.8. The lowest BCUT2D eigenvalue weighted by Gasteiger charge is -2.31. The van der Waals surface area contributed by atoms with Gasteiger partial charge >= 0.3 is 6.09 Å². The molecule has 1 amide bonds. The topological polar surface area (TPSA) is 114 Å². The number of aliphatic hydroxyl groups excluding tert-OH is 1. The van der Waals surface area contributed by atoms with Crippen molar-refractivity contribution >= 4 is 16.1 Å². The Morgan fingerprint density at radius 3 is 2.43 bits per heavy atom. The molecule has 5 atom stereocenters. The van der Waals surface area contributed by atoms with E-state index < -0.39 is 34.4 Å². The van der Waals surface area contributed by atoms with Crippen molar-refractivity contribution < 1.29 is 32.5 Å². The molecule has 2 aliphatic heterocycles. The Balaban J connectivity index is 1.50. The lowest BCUT2D eigenvalue weighted by molar-refractivity contribution is -0.0907. The summed E-state index contributed by atoms with van der Waals surface area (Å²) in [6.07, 6.45) is -1.60. The van der Waals surface area contributed by atoms with Crippen LogP contribution in [0.4, 0.5) is 4.79 Å². The SMILES string of the molecule is CC(C)CN(CC(O)[C@H](Cc1ccccc1)NC(=O)O[C@H]1CO[C@H]2OCC[C@H]21)S(=O)(=O)c1ccccc1. The van der Waals surface area contributed by atoms with Gasteiger partial charge in [-0.2, -0.15) is 4.31 Å². The molecule has 2 saturated heterocycles. The number of fused-ring (bicyclic) bond motifs is 1. The molecule has 2 aliphatic rings. The van der Waals surface area contributed by atoms with E-state index >= 15 is 0 Å². The zero-order valence-corrected chi connectivity index (χ0v) is 22.0. The number of benzene rings is 2. The third-order valence-corrected chi connectivity index (χ3v) is 8.50. The second-order valence-corrected chi connectivity index (χ2v) is 11.9. The van der Waals surface area contributed by atoms with Crippen LogP contribution in [-0.4, -0.2) is 74.8 Å². The molecule has 0 aromatic heterocycles. The molecule has 0 aliphatic carbocycles. The first-order chi connectivity index (χ1) is 17.7. The number of nitrogens with one attached hydrogen (secondary N) is 1. The second kappa shape index (κ2) is 12.4. The van der Waals surface area contributed by atoms with Crippen LogP contribution < -0.4 is 5.32 Å². The van der Waals surface area contributed by atoms with Crippen LogP contribution in [0.1, 0.15) is 25.8 Å². The highest BCUT2D eigenvalue weighted by molar-refractivity contribution is 7.89. The molecule has 10 heteroatoms. The number of carbonyl (C=O) groups excluding carboxylic acids is 1. The average Bonchev–Trinajstić information content (AvgIpc) is 3.49. The van der Waals surface area contributed by atoms with E-state index in [4.69, 9.17) is 14.2 Å². The predicted octanol–water partition coefficient (Wildman–Crippen LogP) is 2.79. The summed E-state index contributed by atoms with van der Waals surface area (Å²) in [5, 5.41) is 14.1. The zero-order valence-electron chi connectivity index (χ0n) is 21.2. The molecule has 202 valence electrons. The van der Waals surface area contributed by atoms with Crippen LogP contribution in [0, 0.1) is 11.8 Å². The highest BCUT2D eigenvalue weighted by atomic mass is 32.2. The number of carbonyl (C=O) groups is 1. The Labute approximate surface area is 218 Å². The van der Waals surface area contributed by atoms with Crippen molar-refractivity contribution in [1.82, 2.24) is 9.62 Å². The van der Waals surface area contributed by atoms with Gasteiger partial charge in [-0.05, 0) is 36.5 Å². The van der Waals surface area contributed by atoms with Gasteiger partial charge in [-0.1, -0.05) is 62.4 Å². The van der Waals surface area contributed by atoms with Gasteiger partial charge in [-0.25, -0.2) is 13.2 Å². The smallest absolute Gasteiger partial charge is 0.407 e. The van der Waals surface area contributed by atoms with Crippen molar-refractivity contribution in [2.45, 2.75) is 56.1 Å². The van der Waals surface area contributed by atoms with Gasteiger partial charge in [0, 0.05) is 13.1 Å². The number of nitrogens with zero attached hydrogens (tertiary/aromatic N) is 1. The highest BCUT2D eigenvalue weighted by Crippen LogP contribution is 2.33. The van der Waals surface area contributed by atoms with Crippen LogP contribution in [0.25, 0.3) is 0 Å². The monoisotopic (exact) mass is 532 g/mol. The van der Waals surface area contributed by atoms with Gasteiger partial charge in [-0.3, -0.25) is 0 Å². The summed E-state index contributed by atoms with van der Waals surface area (Å²) in [6.45, 7) is 4.69. The fourth-order valence-electron chi connectivity index (χ4n) is 4.78. The quantitative estimate of drug-likeness (QED) is 0.457. The maximum atomic E-state index is 13.4. The van der Waals surface area contributed by atoms with Gasteiger partial charge in [-0.15, -0.1) is 0 Å². The molecule has 9 nitrogen and oxygen atoms in total. The molecule has 0 radical (unpaired) electrons. The standard InChI is InChI=1S/C27H36N2O7S/c1-19(2)16-29(37(32,33)21-11-7-4-8-12-21)17-24(30)23(15-20-9-5-3-6-10-20)28-27(31)36-25-18-35-26-22(25)13-14-34-26/h3-12,19,22-26,30H,13-18H2,1-2H3,(H,28,31)/t22-,23-,24?,25-,26+/m0/s1. The van der Waals surface area contributed by atoms with Crippen molar-refractivity contribution in [2.24, 2.45) is 11.8 Å². The van der Waals surface area contributed by atoms with Crippen LogP contribution in [0.5, 0.6) is 0 Å². The number of hydrogen-bond acceptors (Lipinski definition) is 7. The van der Waals surface area contributed by atoms with Crippen molar-refractivity contribution in [1.29, 1.82) is 0 Å². The average molecular weight is 533 g/mol. The molecule has 2 N–H and O–H groups in total. The number of aliphatic hydroxyl groups is 1. The molecule has 2 aromatic carbocycles. The normalized spacial score (nSPS) is 23.1. The maximum absolute atomic E-state index is 13.4. The molecule has 37 heavy (non-hydrogen) atoms. The third kappa shape index (κ3) is 7.08. The molecule has 0 spiro atoms. The first-order valence-corrected chi connectivity index (χ1v) is 14.2. The number of amides is 1. The van der Waals surface area contributed by atoms with E-state index in [1.165, 1.54) is 16.4 Å². The minimum absolute atomic E-state index is 0.0132. The van der Waals surface area contributed by atoms with E-state index in [2.05, 4.69) is 5.32 Å². The molecule has 2 heterocycles. The van der Waals surface area contributed by atoms with Gasteiger partial charge in [0.2, 0.25) is 10.0 Å². The lowest BCUT2D eigenvalue weighted by Crippen LogP contribution is -2.51. The van der Waals surface area contributed by atoms with Crippen LogP contribution in [-0.2, 0) is 30.7 Å². The summed E-state index contributed by atoms with van der Waals surface area (Å²) in [5.74, 6) is 0.0147. The number of ether oxygens (including phenoxy) is 3. The Morgan fingerprint density at radius 2 is 1.76 bits per heavy atom. The van der Waals surface area contributed by atoms with Crippen LogP contribution in [0.15, 0.2) is 65.6 Å². The van der Waals surface area contributed by atoms with Gasteiger partial charge < -0.3 is 24.6 Å². The largest absolute Gasteiger partial charge is 0.443 e. The Hall–Kier alpha value is -2.50. The Morgan fingerprint density at radius 1 is 1.08 bits per heavy atom. The van der Waals surface area contributed by atoms with Crippen LogP contribution in [0.3, 0.4) is 0 Å². The Bertz CT molecular complexity index is 1110. The minimum atomic E-state index is -3.86.